The summed E-state index contributed by atoms with van der Waals surface area (Å²) in [5.74, 6) is -1.57. The van der Waals surface area contributed by atoms with Crippen LogP contribution in [-0.4, -0.2) is 70.6 Å². The minimum Gasteiger partial charge on any atom is -0.461 e. The predicted molar refractivity (Wildman–Crippen MR) is 194 cm³/mol. The van der Waals surface area contributed by atoms with Gasteiger partial charge in [0.25, 0.3) is 5.91 Å². The smallest absolute Gasteiger partial charge is 0.337 e. The maximum Gasteiger partial charge on any atom is 0.337 e. The molecule has 0 bridgehead atoms. The number of nitrogens with one attached hydrogen (secondary N) is 2. The van der Waals surface area contributed by atoms with Crippen molar-refractivity contribution in [3.8, 4) is 0 Å². The molecule has 4 unspecified atom stereocenters. The molecule has 4 atom stereocenters. The lowest BCUT2D eigenvalue weighted by Gasteiger charge is -2.36. The summed E-state index contributed by atoms with van der Waals surface area (Å²) in [6.45, 7) is 7.74. The number of fused-ring (bicyclic) bond motifs is 3. The maximum atomic E-state index is 14.4. The number of benzene rings is 3. The monoisotopic (exact) mass is 683 g/mol. The van der Waals surface area contributed by atoms with Crippen LogP contribution < -0.4 is 10.6 Å². The Labute approximate surface area is 296 Å². The number of aliphatic hydroxyl groups is 1. The van der Waals surface area contributed by atoms with Crippen molar-refractivity contribution in [2.24, 2.45) is 11.8 Å². The van der Waals surface area contributed by atoms with Crippen LogP contribution in [0.3, 0.4) is 0 Å². The molecule has 3 aromatic rings. The minimum absolute atomic E-state index is 0.0427. The van der Waals surface area contributed by atoms with Crippen LogP contribution in [-0.2, 0) is 32.0 Å². The first-order valence-corrected chi connectivity index (χ1v) is 18.4. The highest BCUT2D eigenvalue weighted by molar-refractivity contribution is 6.10. The molecule has 1 aliphatic carbocycles. The van der Waals surface area contributed by atoms with Gasteiger partial charge in [0.1, 0.15) is 12.1 Å². The molecule has 3 aromatic carbocycles. The number of esters is 1. The topological polar surface area (TPSA) is 125 Å². The van der Waals surface area contributed by atoms with Crippen LogP contribution in [0.25, 0.3) is 10.8 Å². The Morgan fingerprint density at radius 2 is 1.58 bits per heavy atom. The standard InChI is InChI=1S/C41H53N3O6/c1-26(2)23-34(38(46)42-33(24-28-13-7-5-8-14-28)37(45)41(49)50-27(3)4)43-39(47)35(25-29-15-9-6-10-16-29)44-22-21-31-20-19-30-17-11-12-18-32(30)36(31)40(44)48/h6,9-12,15-20,26-28,33-35,37,45H,5,7-8,13-14,21-25H2,1-4H3,(H,42,46)(H,43,47). The lowest BCUT2D eigenvalue weighted by molar-refractivity contribution is -0.159. The molecule has 0 saturated heterocycles. The fraction of sp³-hybridized carbons (Fsp3) is 0.512. The zero-order chi connectivity index (χ0) is 35.8. The average Bonchev–Trinajstić information content (AvgIpc) is 3.10. The zero-order valence-corrected chi connectivity index (χ0v) is 29.9. The van der Waals surface area contributed by atoms with Gasteiger partial charge in [0.15, 0.2) is 6.10 Å². The number of carbonyl (C=O) groups is 4. The number of nitrogens with zero attached hydrogens (tertiary/aromatic N) is 1. The van der Waals surface area contributed by atoms with E-state index < -0.39 is 48.1 Å². The van der Waals surface area contributed by atoms with E-state index in [0.717, 1.165) is 54.0 Å². The number of carbonyl (C=O) groups excluding carboxylic acids is 4. The van der Waals surface area contributed by atoms with Crippen LogP contribution in [0.5, 0.6) is 0 Å². The summed E-state index contributed by atoms with van der Waals surface area (Å²) in [6, 6.07) is 18.7. The first kappa shape index (κ1) is 37.0. The van der Waals surface area contributed by atoms with Crippen molar-refractivity contribution < 1.29 is 29.0 Å². The quantitative estimate of drug-likeness (QED) is 0.186. The van der Waals surface area contributed by atoms with Crippen LogP contribution in [0.15, 0.2) is 66.7 Å². The third-order valence-corrected chi connectivity index (χ3v) is 10.0. The summed E-state index contributed by atoms with van der Waals surface area (Å²) in [6.07, 6.45) is 4.93. The molecule has 0 spiro atoms. The number of hydrogen-bond donors (Lipinski definition) is 3. The Kier molecular flexibility index (Phi) is 12.7. The van der Waals surface area contributed by atoms with Crippen LogP contribution in [0, 0.1) is 11.8 Å². The fourth-order valence-corrected chi connectivity index (χ4v) is 7.51. The van der Waals surface area contributed by atoms with Crippen molar-refractivity contribution in [3.63, 3.8) is 0 Å². The Morgan fingerprint density at radius 3 is 2.28 bits per heavy atom. The van der Waals surface area contributed by atoms with Gasteiger partial charge in [0.05, 0.1) is 17.7 Å². The molecule has 5 rings (SSSR count). The molecular formula is C41H53N3O6. The molecule has 1 aliphatic heterocycles. The molecule has 9 heteroatoms. The highest BCUT2D eigenvalue weighted by atomic mass is 16.6. The average molecular weight is 684 g/mol. The second kappa shape index (κ2) is 17.1. The highest BCUT2D eigenvalue weighted by Gasteiger charge is 2.38. The lowest BCUT2D eigenvalue weighted by atomic mass is 9.83. The third kappa shape index (κ3) is 9.30. The molecule has 3 N–H and O–H groups in total. The first-order valence-electron chi connectivity index (χ1n) is 18.4. The number of amides is 3. The molecule has 2 aliphatic rings. The van der Waals surface area contributed by atoms with Crippen molar-refractivity contribution in [1.29, 1.82) is 0 Å². The molecule has 0 radical (unpaired) electrons. The van der Waals surface area contributed by atoms with Crippen molar-refractivity contribution in [1.82, 2.24) is 15.5 Å². The van der Waals surface area contributed by atoms with E-state index in [1.165, 1.54) is 0 Å². The van der Waals surface area contributed by atoms with Gasteiger partial charge in [0, 0.05) is 13.0 Å². The summed E-state index contributed by atoms with van der Waals surface area (Å²) in [7, 11) is 0. The van der Waals surface area contributed by atoms with Gasteiger partial charge in [-0.05, 0) is 66.8 Å². The normalized spacial score (nSPS) is 17.6. The van der Waals surface area contributed by atoms with Gasteiger partial charge in [-0.15, -0.1) is 0 Å². The van der Waals surface area contributed by atoms with E-state index in [1.54, 1.807) is 18.7 Å². The largest absolute Gasteiger partial charge is 0.461 e. The third-order valence-electron chi connectivity index (χ3n) is 10.0. The first-order chi connectivity index (χ1) is 24.0. The highest BCUT2D eigenvalue weighted by Crippen LogP contribution is 2.30. The molecule has 3 amide bonds. The van der Waals surface area contributed by atoms with Crippen LogP contribution in [0.1, 0.15) is 94.1 Å². The second-order valence-electron chi connectivity index (χ2n) is 14.8. The van der Waals surface area contributed by atoms with Crippen molar-refractivity contribution in [2.75, 3.05) is 6.54 Å². The predicted octanol–water partition coefficient (Wildman–Crippen LogP) is 5.75. The van der Waals surface area contributed by atoms with Gasteiger partial charge in [-0.3, -0.25) is 14.4 Å². The molecule has 1 heterocycles. The van der Waals surface area contributed by atoms with E-state index in [4.69, 9.17) is 4.74 Å². The van der Waals surface area contributed by atoms with Crippen LogP contribution in [0.4, 0.5) is 0 Å². The zero-order valence-electron chi connectivity index (χ0n) is 29.9. The van der Waals surface area contributed by atoms with E-state index >= 15 is 0 Å². The number of hydrogen-bond acceptors (Lipinski definition) is 6. The maximum absolute atomic E-state index is 14.4. The van der Waals surface area contributed by atoms with Crippen molar-refractivity contribution in [2.45, 2.75) is 116 Å². The molecule has 1 fully saturated rings. The molecule has 50 heavy (non-hydrogen) atoms. The van der Waals surface area contributed by atoms with E-state index in [9.17, 15) is 24.3 Å². The number of rotatable bonds is 14. The van der Waals surface area contributed by atoms with Crippen molar-refractivity contribution in [3.05, 3.63) is 83.4 Å². The van der Waals surface area contributed by atoms with Gasteiger partial charge in [-0.1, -0.05) is 113 Å². The number of aliphatic hydroxyl groups excluding tert-OH is 1. The van der Waals surface area contributed by atoms with E-state index in [1.807, 2.05) is 80.6 Å². The minimum atomic E-state index is -1.54. The van der Waals surface area contributed by atoms with Gasteiger partial charge in [-0.25, -0.2) is 4.79 Å². The Hall–Kier alpha value is -4.24. The summed E-state index contributed by atoms with van der Waals surface area (Å²) in [5, 5.41) is 18.9. The lowest BCUT2D eigenvalue weighted by Crippen LogP contribution is -2.59. The van der Waals surface area contributed by atoms with E-state index in [0.29, 0.717) is 31.4 Å². The molecule has 1 saturated carbocycles. The Balaban J connectivity index is 1.41. The summed E-state index contributed by atoms with van der Waals surface area (Å²) < 4.78 is 5.32. The van der Waals surface area contributed by atoms with E-state index in [-0.39, 0.29) is 24.2 Å². The summed E-state index contributed by atoms with van der Waals surface area (Å²) >= 11 is 0. The van der Waals surface area contributed by atoms with Gasteiger partial charge in [-0.2, -0.15) is 0 Å². The second-order valence-corrected chi connectivity index (χ2v) is 14.8. The Bertz CT molecular complexity index is 1630. The summed E-state index contributed by atoms with van der Waals surface area (Å²) in [5.41, 5.74) is 2.47. The Morgan fingerprint density at radius 1 is 0.880 bits per heavy atom. The van der Waals surface area contributed by atoms with Crippen LogP contribution >= 0.6 is 0 Å². The van der Waals surface area contributed by atoms with Gasteiger partial charge >= 0.3 is 5.97 Å². The SMILES string of the molecule is CC(C)CC(NC(=O)C(Cc1ccccc1)N1CCc2ccc3ccccc3c2C1=O)C(=O)NC(CC1CCCCC1)C(O)C(=O)OC(C)C. The molecule has 0 aromatic heterocycles. The van der Waals surface area contributed by atoms with Crippen molar-refractivity contribution >= 4 is 34.5 Å². The molecule has 268 valence electrons. The summed E-state index contributed by atoms with van der Waals surface area (Å²) in [4.78, 5) is 57.3. The fourth-order valence-electron chi connectivity index (χ4n) is 7.51. The van der Waals surface area contributed by atoms with Gasteiger partial charge < -0.3 is 25.4 Å². The van der Waals surface area contributed by atoms with Crippen LogP contribution in [0.2, 0.25) is 0 Å². The molecule has 9 nitrogen and oxygen atoms in total. The van der Waals surface area contributed by atoms with Gasteiger partial charge in [0.2, 0.25) is 11.8 Å². The van der Waals surface area contributed by atoms with E-state index in [2.05, 4.69) is 10.6 Å². The number of ether oxygens (including phenoxy) is 1. The molecular weight excluding hydrogens is 630 g/mol.